The molecule has 0 saturated heterocycles. The molecule has 2 heterocycles. The number of pyridine rings is 1. The topological polar surface area (TPSA) is 66.0 Å². The zero-order valence-corrected chi connectivity index (χ0v) is 11.4. The predicted octanol–water partition coefficient (Wildman–Crippen LogP) is 2.45. The summed E-state index contributed by atoms with van der Waals surface area (Å²) in [6, 6.07) is 11.4. The third kappa shape index (κ3) is 1.92. The summed E-state index contributed by atoms with van der Waals surface area (Å²) in [5.41, 5.74) is 8.55. The van der Waals surface area contributed by atoms with Gasteiger partial charge in [-0.2, -0.15) is 0 Å². The van der Waals surface area contributed by atoms with Crippen molar-refractivity contribution in [2.24, 2.45) is 5.73 Å². The molecule has 102 valence electrons. The number of nitrogens with two attached hydrogens (primary N) is 1. The monoisotopic (exact) mass is 268 g/mol. The number of benzene rings is 1. The van der Waals surface area contributed by atoms with Crippen molar-refractivity contribution >= 4 is 11.2 Å². The number of nitrogens with zero attached hydrogens (tertiary/aromatic N) is 3. The van der Waals surface area contributed by atoms with Gasteiger partial charge in [-0.3, -0.25) is 4.57 Å². The molecule has 1 aromatic carbocycles. The summed E-state index contributed by atoms with van der Waals surface area (Å²) in [7, 11) is 1.65. The van der Waals surface area contributed by atoms with Crippen molar-refractivity contribution in [3.05, 3.63) is 48.4 Å². The summed E-state index contributed by atoms with van der Waals surface area (Å²) in [6.45, 7) is 1.91. The lowest BCUT2D eigenvalue weighted by molar-refractivity contribution is 0.412. The maximum Gasteiger partial charge on any atom is 0.164 e. The molecule has 0 saturated carbocycles. The van der Waals surface area contributed by atoms with Crippen molar-refractivity contribution in [3.63, 3.8) is 0 Å². The number of hydrogen-bond donors (Lipinski definition) is 1. The van der Waals surface area contributed by atoms with E-state index in [0.29, 0.717) is 0 Å². The van der Waals surface area contributed by atoms with Gasteiger partial charge in [0.1, 0.15) is 17.1 Å². The molecule has 0 fully saturated rings. The zero-order valence-electron chi connectivity index (χ0n) is 11.4. The number of aromatic nitrogens is 3. The maximum atomic E-state index is 6.06. The predicted molar refractivity (Wildman–Crippen MR) is 78.0 cm³/mol. The molecule has 5 heteroatoms. The summed E-state index contributed by atoms with van der Waals surface area (Å²) in [5, 5.41) is 0. The van der Waals surface area contributed by atoms with Crippen molar-refractivity contribution in [1.29, 1.82) is 0 Å². The lowest BCUT2D eigenvalue weighted by Gasteiger charge is -2.14. The van der Waals surface area contributed by atoms with Crippen molar-refractivity contribution in [3.8, 4) is 11.4 Å². The van der Waals surface area contributed by atoms with Crippen LogP contribution in [0.5, 0.6) is 5.75 Å². The number of fused-ring (bicyclic) bond motifs is 1. The molecule has 3 aromatic rings. The van der Waals surface area contributed by atoms with Crippen LogP contribution in [0.25, 0.3) is 16.9 Å². The van der Waals surface area contributed by atoms with Crippen molar-refractivity contribution in [2.75, 3.05) is 7.11 Å². The first-order chi connectivity index (χ1) is 9.72. The first-order valence-corrected chi connectivity index (χ1v) is 6.44. The fraction of sp³-hybridized carbons (Fsp3) is 0.200. The van der Waals surface area contributed by atoms with Gasteiger partial charge in [0.25, 0.3) is 0 Å². The molecule has 5 nitrogen and oxygen atoms in total. The molecular formula is C15H16N4O. The fourth-order valence-corrected chi connectivity index (χ4v) is 2.29. The molecule has 3 rings (SSSR count). The molecule has 0 radical (unpaired) electrons. The van der Waals surface area contributed by atoms with Gasteiger partial charge in [-0.25, -0.2) is 9.97 Å². The summed E-state index contributed by atoms with van der Waals surface area (Å²) >= 11 is 0. The second-order valence-electron chi connectivity index (χ2n) is 4.61. The smallest absolute Gasteiger partial charge is 0.164 e. The van der Waals surface area contributed by atoms with Gasteiger partial charge in [0.2, 0.25) is 0 Å². The first-order valence-electron chi connectivity index (χ1n) is 6.44. The molecular weight excluding hydrogens is 252 g/mol. The van der Waals surface area contributed by atoms with Crippen LogP contribution in [0.3, 0.4) is 0 Å². The Morgan fingerprint density at radius 2 is 2.00 bits per heavy atom. The Bertz CT molecular complexity index is 748. The van der Waals surface area contributed by atoms with Gasteiger partial charge >= 0.3 is 0 Å². The minimum Gasteiger partial charge on any atom is -0.495 e. The average Bonchev–Trinajstić information content (AvgIpc) is 2.86. The molecule has 1 unspecified atom stereocenters. The third-order valence-corrected chi connectivity index (χ3v) is 3.18. The Labute approximate surface area is 117 Å². The van der Waals surface area contributed by atoms with Gasteiger partial charge in [-0.05, 0) is 31.2 Å². The molecule has 20 heavy (non-hydrogen) atoms. The third-order valence-electron chi connectivity index (χ3n) is 3.18. The highest BCUT2D eigenvalue weighted by Gasteiger charge is 2.18. The Morgan fingerprint density at radius 3 is 2.75 bits per heavy atom. The molecule has 0 spiro atoms. The van der Waals surface area contributed by atoms with Gasteiger partial charge in [0.15, 0.2) is 5.65 Å². The minimum absolute atomic E-state index is 0.200. The van der Waals surface area contributed by atoms with E-state index in [1.54, 1.807) is 13.3 Å². The van der Waals surface area contributed by atoms with Crippen LogP contribution in [0, 0.1) is 0 Å². The summed E-state index contributed by atoms with van der Waals surface area (Å²) in [5.74, 6) is 1.53. The van der Waals surface area contributed by atoms with Gasteiger partial charge < -0.3 is 10.5 Å². The summed E-state index contributed by atoms with van der Waals surface area (Å²) < 4.78 is 7.39. The molecule has 0 amide bonds. The van der Waals surface area contributed by atoms with Gasteiger partial charge in [0.05, 0.1) is 18.8 Å². The molecule has 0 aliphatic carbocycles. The highest BCUT2D eigenvalue weighted by atomic mass is 16.5. The maximum absolute atomic E-state index is 6.06. The van der Waals surface area contributed by atoms with Crippen LogP contribution in [-0.2, 0) is 0 Å². The quantitative estimate of drug-likeness (QED) is 0.792. The highest BCUT2D eigenvalue weighted by Crippen LogP contribution is 2.28. The Balaban J connectivity index is 2.36. The van der Waals surface area contributed by atoms with Crippen LogP contribution in [0.4, 0.5) is 0 Å². The number of ether oxygens (including phenoxy) is 1. The van der Waals surface area contributed by atoms with E-state index in [2.05, 4.69) is 9.97 Å². The van der Waals surface area contributed by atoms with Crippen LogP contribution in [-0.4, -0.2) is 21.6 Å². The number of hydrogen-bond acceptors (Lipinski definition) is 4. The van der Waals surface area contributed by atoms with E-state index in [4.69, 9.17) is 10.5 Å². The van der Waals surface area contributed by atoms with Crippen LogP contribution >= 0.6 is 0 Å². The minimum atomic E-state index is -0.200. The van der Waals surface area contributed by atoms with Crippen LogP contribution in [0.15, 0.2) is 42.6 Å². The summed E-state index contributed by atoms with van der Waals surface area (Å²) in [6.07, 6.45) is 1.75. The van der Waals surface area contributed by atoms with Crippen molar-refractivity contribution < 1.29 is 4.74 Å². The van der Waals surface area contributed by atoms with E-state index in [0.717, 1.165) is 28.4 Å². The Morgan fingerprint density at radius 1 is 1.20 bits per heavy atom. The molecule has 1 atom stereocenters. The molecule has 0 aliphatic heterocycles. The first kappa shape index (κ1) is 12.6. The SMILES string of the molecule is COc1ccccc1-n1c(C(C)N)nc2cccnc21. The summed E-state index contributed by atoms with van der Waals surface area (Å²) in [4.78, 5) is 9.01. The molecule has 2 aromatic heterocycles. The Hall–Kier alpha value is -2.40. The van der Waals surface area contributed by atoms with E-state index in [1.807, 2.05) is 47.9 Å². The van der Waals surface area contributed by atoms with E-state index >= 15 is 0 Å². The van der Waals surface area contributed by atoms with Crippen LogP contribution in [0.2, 0.25) is 0 Å². The van der Waals surface area contributed by atoms with Crippen LogP contribution in [0.1, 0.15) is 18.8 Å². The highest BCUT2D eigenvalue weighted by molar-refractivity contribution is 5.75. The van der Waals surface area contributed by atoms with E-state index in [1.165, 1.54) is 0 Å². The van der Waals surface area contributed by atoms with Gasteiger partial charge in [-0.1, -0.05) is 12.1 Å². The normalized spacial score (nSPS) is 12.6. The lowest BCUT2D eigenvalue weighted by atomic mass is 10.2. The number of rotatable bonds is 3. The van der Waals surface area contributed by atoms with E-state index in [-0.39, 0.29) is 6.04 Å². The van der Waals surface area contributed by atoms with Gasteiger partial charge in [0, 0.05) is 6.20 Å². The number of para-hydroxylation sites is 2. The number of imidazole rings is 1. The second-order valence-corrected chi connectivity index (χ2v) is 4.61. The van der Waals surface area contributed by atoms with E-state index < -0.39 is 0 Å². The van der Waals surface area contributed by atoms with Crippen molar-refractivity contribution in [1.82, 2.24) is 14.5 Å². The fourth-order valence-electron chi connectivity index (χ4n) is 2.29. The average molecular weight is 268 g/mol. The van der Waals surface area contributed by atoms with E-state index in [9.17, 15) is 0 Å². The number of methoxy groups -OCH3 is 1. The zero-order chi connectivity index (χ0) is 14.1. The molecule has 0 aliphatic rings. The van der Waals surface area contributed by atoms with Crippen molar-refractivity contribution in [2.45, 2.75) is 13.0 Å². The second kappa shape index (κ2) is 4.94. The van der Waals surface area contributed by atoms with Gasteiger partial charge in [-0.15, -0.1) is 0 Å². The largest absolute Gasteiger partial charge is 0.495 e. The van der Waals surface area contributed by atoms with Crippen LogP contribution < -0.4 is 10.5 Å². The lowest BCUT2D eigenvalue weighted by Crippen LogP contribution is -2.13. The standard InChI is InChI=1S/C15H16N4O/c1-10(16)14-18-11-6-5-9-17-15(11)19(14)12-7-3-4-8-13(12)20-2/h3-10H,16H2,1-2H3. The molecule has 0 bridgehead atoms. The Kier molecular flexibility index (Phi) is 3.12. The molecule has 2 N–H and O–H groups in total.